The second kappa shape index (κ2) is 4.87. The molecule has 0 saturated heterocycles. The molecule has 0 aliphatic carbocycles. The fourth-order valence-corrected chi connectivity index (χ4v) is 1.90. The molecule has 0 saturated carbocycles. The molecule has 0 amide bonds. The number of benzene rings is 2. The summed E-state index contributed by atoms with van der Waals surface area (Å²) in [5.74, 6) is 1.77. The topological polar surface area (TPSA) is 9.23 Å². The van der Waals surface area contributed by atoms with Gasteiger partial charge in [-0.2, -0.15) is 0 Å². The molecule has 0 fully saturated rings. The molecule has 0 heterocycles. The van der Waals surface area contributed by atoms with Crippen molar-refractivity contribution in [3.63, 3.8) is 0 Å². The number of ether oxygens (including phenoxy) is 1. The van der Waals surface area contributed by atoms with Gasteiger partial charge >= 0.3 is 0 Å². The van der Waals surface area contributed by atoms with Gasteiger partial charge in [-0.15, -0.1) is 0 Å². The van der Waals surface area contributed by atoms with E-state index in [-0.39, 0.29) is 0 Å². The van der Waals surface area contributed by atoms with Crippen LogP contribution in [-0.4, -0.2) is 0 Å². The Labute approximate surface area is 110 Å². The number of aryl methyl sites for hydroxylation is 1. The zero-order chi connectivity index (χ0) is 11.5. The zero-order valence-corrected chi connectivity index (χ0v) is 11.4. The highest BCUT2D eigenvalue weighted by atomic mass is 127. The maximum Gasteiger partial charge on any atom is 0.141 e. The lowest BCUT2D eigenvalue weighted by Crippen LogP contribution is -1.91. The number of halogens is 1. The Morgan fingerprint density at radius 2 is 1.81 bits per heavy atom. The van der Waals surface area contributed by atoms with E-state index >= 15 is 0 Å². The van der Waals surface area contributed by atoms with Gasteiger partial charge in [0.15, 0.2) is 0 Å². The van der Waals surface area contributed by atoms with Crippen molar-refractivity contribution in [1.29, 1.82) is 0 Å². The summed E-state index contributed by atoms with van der Waals surface area (Å²) in [5, 5.41) is 0. The number of hydrogen-bond acceptors (Lipinski definition) is 1. The van der Waals surface area contributed by atoms with E-state index in [0.717, 1.165) is 15.1 Å². The van der Waals surface area contributed by atoms with Gasteiger partial charge in [-0.3, -0.25) is 0 Å². The van der Waals surface area contributed by atoms with Gasteiger partial charge in [0.2, 0.25) is 0 Å². The van der Waals surface area contributed by atoms with E-state index in [4.69, 9.17) is 4.74 Å². The molecule has 0 aliphatic rings. The van der Waals surface area contributed by atoms with Gasteiger partial charge < -0.3 is 4.74 Å². The SMILES string of the molecule is Cc1cccc(Oc2ccc[c]c2I)c1C. The smallest absolute Gasteiger partial charge is 0.141 e. The lowest BCUT2D eigenvalue weighted by molar-refractivity contribution is 0.475. The minimum absolute atomic E-state index is 0.858. The van der Waals surface area contributed by atoms with Crippen LogP contribution in [0.2, 0.25) is 0 Å². The Kier molecular flexibility index (Phi) is 3.49. The Balaban J connectivity index is 2.35. The summed E-state index contributed by atoms with van der Waals surface area (Å²) >= 11 is 2.23. The highest BCUT2D eigenvalue weighted by molar-refractivity contribution is 14.1. The molecule has 0 spiro atoms. The molecule has 0 N–H and O–H groups in total. The molecule has 0 atom stereocenters. The van der Waals surface area contributed by atoms with E-state index in [2.05, 4.69) is 48.6 Å². The lowest BCUT2D eigenvalue weighted by Gasteiger charge is -2.11. The molecule has 0 unspecified atom stereocenters. The van der Waals surface area contributed by atoms with Gasteiger partial charge in [-0.05, 0) is 65.8 Å². The average Bonchev–Trinajstić information content (AvgIpc) is 2.28. The summed E-state index contributed by atoms with van der Waals surface area (Å²) in [6.07, 6.45) is 0. The molecule has 81 valence electrons. The molecular weight excluding hydrogens is 311 g/mol. The summed E-state index contributed by atoms with van der Waals surface area (Å²) in [7, 11) is 0. The van der Waals surface area contributed by atoms with Crippen LogP contribution in [0.15, 0.2) is 36.4 Å². The molecule has 2 rings (SSSR count). The summed E-state index contributed by atoms with van der Waals surface area (Å²) in [6.45, 7) is 4.16. The van der Waals surface area contributed by atoms with Gasteiger partial charge in [0.25, 0.3) is 0 Å². The van der Waals surface area contributed by atoms with Crippen LogP contribution in [0.5, 0.6) is 11.5 Å². The van der Waals surface area contributed by atoms with Crippen LogP contribution in [0.1, 0.15) is 11.1 Å². The van der Waals surface area contributed by atoms with Crippen LogP contribution in [0.3, 0.4) is 0 Å². The Bertz CT molecular complexity index is 506. The molecular formula is C14H12IO. The van der Waals surface area contributed by atoms with Gasteiger partial charge in [-0.1, -0.05) is 24.3 Å². The van der Waals surface area contributed by atoms with E-state index in [1.54, 1.807) is 0 Å². The van der Waals surface area contributed by atoms with E-state index in [1.807, 2.05) is 30.3 Å². The highest BCUT2D eigenvalue weighted by Gasteiger charge is 2.05. The predicted octanol–water partition coefficient (Wildman–Crippen LogP) is 4.50. The van der Waals surface area contributed by atoms with E-state index in [9.17, 15) is 0 Å². The van der Waals surface area contributed by atoms with Crippen molar-refractivity contribution in [2.45, 2.75) is 13.8 Å². The quantitative estimate of drug-likeness (QED) is 0.740. The summed E-state index contributed by atoms with van der Waals surface area (Å²) in [5.41, 5.74) is 2.43. The van der Waals surface area contributed by atoms with Crippen molar-refractivity contribution in [3.8, 4) is 11.5 Å². The van der Waals surface area contributed by atoms with Gasteiger partial charge in [0.1, 0.15) is 11.5 Å². The third-order valence-electron chi connectivity index (χ3n) is 2.55. The number of hydrogen-bond donors (Lipinski definition) is 0. The first-order valence-corrected chi connectivity index (χ1v) is 6.16. The second-order valence-electron chi connectivity index (χ2n) is 3.65. The highest BCUT2D eigenvalue weighted by Crippen LogP contribution is 2.29. The normalized spacial score (nSPS) is 10.2. The third kappa shape index (κ3) is 2.38. The summed E-state index contributed by atoms with van der Waals surface area (Å²) in [4.78, 5) is 0. The van der Waals surface area contributed by atoms with Gasteiger partial charge in [0, 0.05) is 0 Å². The van der Waals surface area contributed by atoms with Crippen LogP contribution in [-0.2, 0) is 0 Å². The van der Waals surface area contributed by atoms with Crippen LogP contribution in [0, 0.1) is 23.5 Å². The molecule has 0 bridgehead atoms. The molecule has 0 aliphatic heterocycles. The van der Waals surface area contributed by atoms with Crippen LogP contribution in [0.25, 0.3) is 0 Å². The fraction of sp³-hybridized carbons (Fsp3) is 0.143. The van der Waals surface area contributed by atoms with E-state index in [1.165, 1.54) is 11.1 Å². The summed E-state index contributed by atoms with van der Waals surface area (Å²) in [6, 6.07) is 15.0. The lowest BCUT2D eigenvalue weighted by atomic mass is 10.1. The molecule has 2 aromatic carbocycles. The van der Waals surface area contributed by atoms with Crippen molar-refractivity contribution < 1.29 is 4.74 Å². The standard InChI is InChI=1S/C14H12IO/c1-10-6-5-9-13(11(10)2)16-14-8-4-3-7-12(14)15/h3-6,8-9H,1-2H3. The fourth-order valence-electron chi connectivity index (χ4n) is 1.43. The Morgan fingerprint density at radius 3 is 2.56 bits per heavy atom. The van der Waals surface area contributed by atoms with Crippen molar-refractivity contribution >= 4 is 22.6 Å². The molecule has 1 radical (unpaired) electrons. The first kappa shape index (κ1) is 11.5. The maximum atomic E-state index is 5.88. The molecule has 2 aromatic rings. The van der Waals surface area contributed by atoms with Crippen LogP contribution in [0.4, 0.5) is 0 Å². The monoisotopic (exact) mass is 323 g/mol. The molecule has 2 heteroatoms. The number of rotatable bonds is 2. The van der Waals surface area contributed by atoms with Gasteiger partial charge in [0.05, 0.1) is 3.57 Å². The van der Waals surface area contributed by atoms with Gasteiger partial charge in [-0.25, -0.2) is 0 Å². The van der Waals surface area contributed by atoms with E-state index in [0.29, 0.717) is 0 Å². The van der Waals surface area contributed by atoms with Crippen molar-refractivity contribution in [3.05, 3.63) is 57.2 Å². The first-order valence-electron chi connectivity index (χ1n) is 5.09. The zero-order valence-electron chi connectivity index (χ0n) is 9.25. The molecule has 0 aromatic heterocycles. The second-order valence-corrected chi connectivity index (χ2v) is 4.73. The Hall–Kier alpha value is -1.03. The molecule has 1 nitrogen and oxygen atoms in total. The summed E-state index contributed by atoms with van der Waals surface area (Å²) < 4.78 is 6.88. The Morgan fingerprint density at radius 1 is 1.06 bits per heavy atom. The largest absolute Gasteiger partial charge is 0.456 e. The maximum absolute atomic E-state index is 5.88. The van der Waals surface area contributed by atoms with Crippen molar-refractivity contribution in [2.75, 3.05) is 0 Å². The van der Waals surface area contributed by atoms with Crippen LogP contribution < -0.4 is 4.74 Å². The van der Waals surface area contributed by atoms with E-state index < -0.39 is 0 Å². The third-order valence-corrected chi connectivity index (χ3v) is 3.39. The van der Waals surface area contributed by atoms with Crippen molar-refractivity contribution in [1.82, 2.24) is 0 Å². The minimum atomic E-state index is 0.858. The average molecular weight is 323 g/mol. The minimum Gasteiger partial charge on any atom is -0.456 e. The van der Waals surface area contributed by atoms with Crippen LogP contribution >= 0.6 is 22.6 Å². The molecule has 16 heavy (non-hydrogen) atoms. The predicted molar refractivity (Wildman–Crippen MR) is 74.0 cm³/mol. The van der Waals surface area contributed by atoms with Crippen molar-refractivity contribution in [2.24, 2.45) is 0 Å². The first-order chi connectivity index (χ1) is 7.68.